The molecule has 0 bridgehead atoms. The molecule has 0 radical (unpaired) electrons. The van der Waals surface area contributed by atoms with E-state index >= 15 is 0 Å². The summed E-state index contributed by atoms with van der Waals surface area (Å²) in [6.45, 7) is 2.42. The normalized spacial score (nSPS) is 20.0. The van der Waals surface area contributed by atoms with E-state index in [4.69, 9.17) is 0 Å². The van der Waals surface area contributed by atoms with Crippen LogP contribution in [0.4, 0.5) is 5.69 Å². The van der Waals surface area contributed by atoms with E-state index in [1.807, 2.05) is 18.2 Å². The van der Waals surface area contributed by atoms with Crippen LogP contribution in [0.5, 0.6) is 0 Å². The van der Waals surface area contributed by atoms with Gasteiger partial charge in [0, 0.05) is 18.8 Å². The summed E-state index contributed by atoms with van der Waals surface area (Å²) < 4.78 is 0. The van der Waals surface area contributed by atoms with Gasteiger partial charge in [-0.05, 0) is 37.4 Å². The van der Waals surface area contributed by atoms with Gasteiger partial charge >= 0.3 is 0 Å². The van der Waals surface area contributed by atoms with Gasteiger partial charge in [-0.15, -0.1) is 12.4 Å². The number of benzene rings is 1. The highest BCUT2D eigenvalue weighted by Crippen LogP contribution is 2.26. The zero-order valence-corrected chi connectivity index (χ0v) is 13.3. The van der Waals surface area contributed by atoms with Crippen LogP contribution in [0, 0.1) is 5.92 Å². The smallest absolute Gasteiger partial charge is 0.246 e. The van der Waals surface area contributed by atoms with Crippen molar-refractivity contribution in [2.45, 2.75) is 19.3 Å². The number of carbonyl (C=O) groups excluding carboxylic acids is 2. The van der Waals surface area contributed by atoms with E-state index in [1.54, 1.807) is 4.90 Å². The molecular formula is C16H22ClN3O2. The minimum absolute atomic E-state index is 0. The number of carbonyl (C=O) groups is 2. The van der Waals surface area contributed by atoms with Crippen molar-refractivity contribution in [3.05, 3.63) is 29.8 Å². The molecule has 0 saturated carbocycles. The average Bonchev–Trinajstić information content (AvgIpc) is 3.06. The molecule has 0 spiro atoms. The number of halogens is 1. The van der Waals surface area contributed by atoms with Gasteiger partial charge in [0.1, 0.15) is 0 Å². The second-order valence-corrected chi connectivity index (χ2v) is 5.69. The fourth-order valence-corrected chi connectivity index (χ4v) is 3.07. The maximum Gasteiger partial charge on any atom is 0.246 e. The van der Waals surface area contributed by atoms with Gasteiger partial charge in [0.25, 0.3) is 0 Å². The van der Waals surface area contributed by atoms with Gasteiger partial charge in [0.15, 0.2) is 0 Å². The highest BCUT2D eigenvalue weighted by Gasteiger charge is 2.25. The molecule has 2 heterocycles. The molecule has 1 unspecified atom stereocenters. The Kier molecular flexibility index (Phi) is 5.80. The van der Waals surface area contributed by atoms with E-state index in [-0.39, 0.29) is 36.7 Å². The van der Waals surface area contributed by atoms with Gasteiger partial charge < -0.3 is 15.5 Å². The number of fused-ring (bicyclic) bond motifs is 1. The van der Waals surface area contributed by atoms with E-state index in [0.29, 0.717) is 6.54 Å². The van der Waals surface area contributed by atoms with Crippen molar-refractivity contribution in [1.82, 2.24) is 10.6 Å². The quantitative estimate of drug-likeness (QED) is 0.876. The number of anilines is 1. The summed E-state index contributed by atoms with van der Waals surface area (Å²) in [4.78, 5) is 26.1. The number of nitrogens with zero attached hydrogens (tertiary/aromatic N) is 1. The van der Waals surface area contributed by atoms with Gasteiger partial charge in [0.2, 0.25) is 11.8 Å². The maximum atomic E-state index is 12.4. The summed E-state index contributed by atoms with van der Waals surface area (Å²) in [5.74, 6) is -0.0356. The Balaban J connectivity index is 0.00000176. The first-order valence-corrected chi connectivity index (χ1v) is 7.62. The Hall–Kier alpha value is -1.59. The van der Waals surface area contributed by atoms with Crippen LogP contribution in [-0.4, -0.2) is 38.0 Å². The minimum atomic E-state index is -0.0264. The van der Waals surface area contributed by atoms with E-state index in [2.05, 4.69) is 16.7 Å². The molecule has 1 fully saturated rings. The van der Waals surface area contributed by atoms with Crippen molar-refractivity contribution in [2.24, 2.45) is 5.92 Å². The maximum absolute atomic E-state index is 12.4. The number of hydrogen-bond acceptors (Lipinski definition) is 3. The number of para-hydroxylation sites is 1. The van der Waals surface area contributed by atoms with Crippen molar-refractivity contribution >= 4 is 29.9 Å². The van der Waals surface area contributed by atoms with Crippen molar-refractivity contribution < 1.29 is 9.59 Å². The molecule has 120 valence electrons. The molecule has 5 nitrogen and oxygen atoms in total. The van der Waals surface area contributed by atoms with Gasteiger partial charge in [-0.2, -0.15) is 0 Å². The number of rotatable bonds is 3. The third-order valence-corrected chi connectivity index (χ3v) is 4.26. The molecule has 1 aromatic rings. The summed E-state index contributed by atoms with van der Waals surface area (Å²) in [6.07, 6.45) is 2.84. The molecule has 1 atom stereocenters. The van der Waals surface area contributed by atoms with Gasteiger partial charge in [-0.1, -0.05) is 18.2 Å². The average molecular weight is 324 g/mol. The van der Waals surface area contributed by atoms with Crippen LogP contribution in [0.1, 0.15) is 18.4 Å². The van der Waals surface area contributed by atoms with Crippen LogP contribution < -0.4 is 15.5 Å². The van der Waals surface area contributed by atoms with Crippen molar-refractivity contribution in [3.63, 3.8) is 0 Å². The lowest BCUT2D eigenvalue weighted by atomic mass is 10.0. The first-order valence-electron chi connectivity index (χ1n) is 7.62. The molecule has 1 aromatic carbocycles. The van der Waals surface area contributed by atoms with Crippen LogP contribution in [0.15, 0.2) is 24.3 Å². The highest BCUT2D eigenvalue weighted by molar-refractivity contribution is 5.97. The van der Waals surface area contributed by atoms with E-state index in [9.17, 15) is 9.59 Å². The molecule has 3 rings (SSSR count). The summed E-state index contributed by atoms with van der Waals surface area (Å²) in [5, 5.41) is 5.94. The monoisotopic (exact) mass is 323 g/mol. The number of amides is 2. The van der Waals surface area contributed by atoms with Crippen molar-refractivity contribution in [2.75, 3.05) is 31.1 Å². The third kappa shape index (κ3) is 3.59. The zero-order valence-electron chi connectivity index (χ0n) is 12.5. The number of aryl methyl sites for hydroxylation is 1. The summed E-state index contributed by atoms with van der Waals surface area (Å²) in [6, 6.07) is 8.00. The van der Waals surface area contributed by atoms with E-state index in [0.717, 1.165) is 38.0 Å². The lowest BCUT2D eigenvalue weighted by Gasteiger charge is -2.29. The van der Waals surface area contributed by atoms with Crippen LogP contribution in [-0.2, 0) is 16.0 Å². The molecule has 22 heavy (non-hydrogen) atoms. The predicted octanol–water partition coefficient (Wildman–Crippen LogP) is 1.11. The number of nitrogens with one attached hydrogen (secondary N) is 2. The Bertz CT molecular complexity index is 544. The number of hydrogen-bond donors (Lipinski definition) is 2. The molecule has 2 N–H and O–H groups in total. The molecule has 0 aliphatic carbocycles. The van der Waals surface area contributed by atoms with Gasteiger partial charge in [-0.25, -0.2) is 0 Å². The largest absolute Gasteiger partial charge is 0.347 e. The van der Waals surface area contributed by atoms with E-state index < -0.39 is 0 Å². The Morgan fingerprint density at radius 3 is 2.91 bits per heavy atom. The first-order chi connectivity index (χ1) is 10.3. The molecule has 6 heteroatoms. The Labute approximate surface area is 136 Å². The van der Waals surface area contributed by atoms with E-state index in [1.165, 1.54) is 5.56 Å². The summed E-state index contributed by atoms with van der Waals surface area (Å²) in [7, 11) is 0. The van der Waals surface area contributed by atoms with Crippen molar-refractivity contribution in [1.29, 1.82) is 0 Å². The first kappa shape index (κ1) is 16.8. The molecular weight excluding hydrogens is 302 g/mol. The van der Waals surface area contributed by atoms with Crippen molar-refractivity contribution in [3.8, 4) is 0 Å². The minimum Gasteiger partial charge on any atom is -0.347 e. The van der Waals surface area contributed by atoms with Gasteiger partial charge in [-0.3, -0.25) is 9.59 Å². The standard InChI is InChI=1S/C16H21N3O2.ClH/c20-15(11-18-16(21)13-7-8-17-10-13)19-9-3-5-12-4-1-2-6-14(12)19;/h1-2,4,6,13,17H,3,5,7-11H2,(H,18,21);1H. The third-order valence-electron chi connectivity index (χ3n) is 4.26. The highest BCUT2D eigenvalue weighted by atomic mass is 35.5. The lowest BCUT2D eigenvalue weighted by molar-refractivity contribution is -0.127. The van der Waals surface area contributed by atoms with Crippen LogP contribution >= 0.6 is 12.4 Å². The van der Waals surface area contributed by atoms with Crippen LogP contribution in [0.2, 0.25) is 0 Å². The zero-order chi connectivity index (χ0) is 14.7. The second-order valence-electron chi connectivity index (χ2n) is 5.69. The van der Waals surface area contributed by atoms with Gasteiger partial charge in [0.05, 0.1) is 12.5 Å². The fraction of sp³-hybridized carbons (Fsp3) is 0.500. The predicted molar refractivity (Wildman–Crippen MR) is 88.4 cm³/mol. The van der Waals surface area contributed by atoms with Crippen LogP contribution in [0.3, 0.4) is 0 Å². The Morgan fingerprint density at radius 2 is 2.14 bits per heavy atom. The lowest BCUT2D eigenvalue weighted by Crippen LogP contribution is -2.44. The SMILES string of the molecule is Cl.O=C(NCC(=O)N1CCCc2ccccc21)C1CCNC1. The molecule has 2 aliphatic heterocycles. The second kappa shape index (κ2) is 7.61. The fourth-order valence-electron chi connectivity index (χ4n) is 3.07. The topological polar surface area (TPSA) is 61.4 Å². The molecule has 0 aromatic heterocycles. The Morgan fingerprint density at radius 1 is 1.32 bits per heavy atom. The summed E-state index contributed by atoms with van der Waals surface area (Å²) >= 11 is 0. The molecule has 1 saturated heterocycles. The summed E-state index contributed by atoms with van der Waals surface area (Å²) in [5.41, 5.74) is 2.20. The van der Waals surface area contributed by atoms with Crippen LogP contribution in [0.25, 0.3) is 0 Å². The molecule has 2 amide bonds. The molecule has 2 aliphatic rings.